The zero-order valence-corrected chi connectivity index (χ0v) is 16.8. The molecule has 1 amide bonds. The highest BCUT2D eigenvalue weighted by molar-refractivity contribution is 8.00. The van der Waals surface area contributed by atoms with E-state index in [0.29, 0.717) is 11.1 Å². The lowest BCUT2D eigenvalue weighted by Crippen LogP contribution is -2.23. The number of benzene rings is 1. The van der Waals surface area contributed by atoms with Crippen LogP contribution in [0.4, 0.5) is 10.1 Å². The highest BCUT2D eigenvalue weighted by atomic mass is 35.5. The predicted octanol–water partition coefficient (Wildman–Crippen LogP) is 5.53. The fraction of sp³-hybridized carbons (Fsp3) is 0.474. The minimum atomic E-state index is -0.540. The number of nitrogens with one attached hydrogen (secondary N) is 1. The first kappa shape index (κ1) is 19.2. The van der Waals surface area contributed by atoms with E-state index < -0.39 is 11.1 Å². The number of amides is 1. The zero-order chi connectivity index (χ0) is 18.8. The molecule has 1 saturated carbocycles. The average Bonchev–Trinajstić information content (AvgIpc) is 3.19. The molecule has 2 aromatic rings. The first-order valence-corrected chi connectivity index (χ1v) is 10.1. The molecule has 1 fully saturated rings. The Morgan fingerprint density at radius 1 is 1.38 bits per heavy atom. The molecular formula is C19H23ClFN3OS. The summed E-state index contributed by atoms with van der Waals surface area (Å²) in [5.41, 5.74) is 2.30. The molecular weight excluding hydrogens is 373 g/mol. The van der Waals surface area contributed by atoms with E-state index in [4.69, 9.17) is 11.6 Å². The fourth-order valence-corrected chi connectivity index (χ4v) is 4.54. The number of aryl methyl sites for hydroxylation is 1. The standard InChI is InChI=1S/C19H23ClFN3OS/c1-11-12(2)24(15-6-4-5-7-15)19(22-11)26-13(3)18(25)23-17-9-8-14(20)10-16(17)21/h8-10,13,15H,4-7H2,1-3H3,(H,23,25). The Hall–Kier alpha value is -1.53. The Balaban J connectivity index is 1.74. The van der Waals surface area contributed by atoms with Crippen molar-refractivity contribution < 1.29 is 9.18 Å². The van der Waals surface area contributed by atoms with Crippen molar-refractivity contribution in [3.05, 3.63) is 40.4 Å². The molecule has 1 aromatic carbocycles. The van der Waals surface area contributed by atoms with Gasteiger partial charge in [0.1, 0.15) is 5.82 Å². The highest BCUT2D eigenvalue weighted by Crippen LogP contribution is 2.36. The molecule has 0 aliphatic heterocycles. The molecule has 0 radical (unpaired) electrons. The largest absolute Gasteiger partial charge is 0.323 e. The summed E-state index contributed by atoms with van der Waals surface area (Å²) >= 11 is 7.17. The van der Waals surface area contributed by atoms with Crippen molar-refractivity contribution in [2.45, 2.75) is 62.9 Å². The number of hydrogen-bond donors (Lipinski definition) is 1. The number of hydrogen-bond acceptors (Lipinski definition) is 3. The SMILES string of the molecule is Cc1nc(SC(C)C(=O)Nc2ccc(Cl)cc2F)n(C2CCCC2)c1C. The van der Waals surface area contributed by atoms with Gasteiger partial charge in [-0.25, -0.2) is 9.37 Å². The molecule has 0 bridgehead atoms. The van der Waals surface area contributed by atoms with Gasteiger partial charge in [0.15, 0.2) is 5.16 Å². The van der Waals surface area contributed by atoms with Crippen LogP contribution in [0.3, 0.4) is 0 Å². The molecule has 0 spiro atoms. The first-order valence-electron chi connectivity index (χ1n) is 8.85. The zero-order valence-electron chi connectivity index (χ0n) is 15.2. The third-order valence-electron chi connectivity index (χ3n) is 4.88. The third kappa shape index (κ3) is 4.07. The van der Waals surface area contributed by atoms with Gasteiger partial charge in [-0.05, 0) is 51.8 Å². The van der Waals surface area contributed by atoms with E-state index in [1.54, 1.807) is 6.07 Å². The maximum atomic E-state index is 13.9. The summed E-state index contributed by atoms with van der Waals surface area (Å²) in [6, 6.07) is 4.68. The molecule has 26 heavy (non-hydrogen) atoms. The van der Waals surface area contributed by atoms with Crippen molar-refractivity contribution >= 4 is 35.0 Å². The maximum absolute atomic E-state index is 13.9. The van der Waals surface area contributed by atoms with Gasteiger partial charge in [0.05, 0.1) is 16.6 Å². The van der Waals surface area contributed by atoms with E-state index in [2.05, 4.69) is 21.8 Å². The number of anilines is 1. The summed E-state index contributed by atoms with van der Waals surface area (Å²) < 4.78 is 16.2. The van der Waals surface area contributed by atoms with Crippen LogP contribution in [0, 0.1) is 19.7 Å². The smallest absolute Gasteiger partial charge is 0.237 e. The van der Waals surface area contributed by atoms with Crippen molar-refractivity contribution in [1.29, 1.82) is 0 Å². The Bertz CT molecular complexity index is 817. The molecule has 0 saturated heterocycles. The lowest BCUT2D eigenvalue weighted by molar-refractivity contribution is -0.115. The van der Waals surface area contributed by atoms with Crippen LogP contribution in [-0.2, 0) is 4.79 Å². The molecule has 3 rings (SSSR count). The van der Waals surface area contributed by atoms with Gasteiger partial charge in [0.25, 0.3) is 0 Å². The number of carbonyl (C=O) groups excluding carboxylic acids is 1. The van der Waals surface area contributed by atoms with Crippen LogP contribution >= 0.6 is 23.4 Å². The monoisotopic (exact) mass is 395 g/mol. The van der Waals surface area contributed by atoms with Crippen LogP contribution in [0.1, 0.15) is 50.0 Å². The van der Waals surface area contributed by atoms with Crippen molar-refractivity contribution in [2.24, 2.45) is 0 Å². The second-order valence-electron chi connectivity index (χ2n) is 6.75. The van der Waals surface area contributed by atoms with Gasteiger partial charge in [0, 0.05) is 16.8 Å². The van der Waals surface area contributed by atoms with Gasteiger partial charge < -0.3 is 9.88 Å². The number of halogens is 2. The van der Waals surface area contributed by atoms with Crippen LogP contribution in [0.5, 0.6) is 0 Å². The number of imidazole rings is 1. The summed E-state index contributed by atoms with van der Waals surface area (Å²) in [6.07, 6.45) is 4.77. The van der Waals surface area contributed by atoms with E-state index in [9.17, 15) is 9.18 Å². The van der Waals surface area contributed by atoms with Gasteiger partial charge in [-0.3, -0.25) is 4.79 Å². The van der Waals surface area contributed by atoms with Crippen molar-refractivity contribution in [3.63, 3.8) is 0 Å². The van der Waals surface area contributed by atoms with Crippen LogP contribution in [0.15, 0.2) is 23.4 Å². The maximum Gasteiger partial charge on any atom is 0.237 e. The topological polar surface area (TPSA) is 46.9 Å². The van der Waals surface area contributed by atoms with Crippen molar-refractivity contribution in [3.8, 4) is 0 Å². The van der Waals surface area contributed by atoms with Crippen LogP contribution in [0.25, 0.3) is 0 Å². The molecule has 4 nitrogen and oxygen atoms in total. The van der Waals surface area contributed by atoms with E-state index >= 15 is 0 Å². The highest BCUT2D eigenvalue weighted by Gasteiger charge is 2.26. The first-order chi connectivity index (χ1) is 12.4. The van der Waals surface area contributed by atoms with Crippen molar-refractivity contribution in [1.82, 2.24) is 9.55 Å². The van der Waals surface area contributed by atoms with E-state index in [-0.39, 0.29) is 11.6 Å². The predicted molar refractivity (Wildman–Crippen MR) is 105 cm³/mol. The van der Waals surface area contributed by atoms with Gasteiger partial charge in [-0.1, -0.05) is 36.2 Å². The normalized spacial score (nSPS) is 16.0. The molecule has 1 aromatic heterocycles. The quantitative estimate of drug-likeness (QED) is 0.677. The fourth-order valence-electron chi connectivity index (χ4n) is 3.31. The van der Waals surface area contributed by atoms with Crippen LogP contribution in [-0.4, -0.2) is 20.7 Å². The Morgan fingerprint density at radius 3 is 2.73 bits per heavy atom. The summed E-state index contributed by atoms with van der Waals surface area (Å²) in [5.74, 6) is -0.797. The summed E-state index contributed by atoms with van der Waals surface area (Å²) in [4.78, 5) is 17.2. The number of thioether (sulfide) groups is 1. The minimum Gasteiger partial charge on any atom is -0.323 e. The summed E-state index contributed by atoms with van der Waals surface area (Å²) in [6.45, 7) is 5.89. The molecule has 1 heterocycles. The summed E-state index contributed by atoms with van der Waals surface area (Å²) in [7, 11) is 0. The van der Waals surface area contributed by atoms with E-state index in [1.807, 2.05) is 13.8 Å². The number of nitrogens with zero attached hydrogens (tertiary/aromatic N) is 2. The Labute approximate surface area is 162 Å². The lowest BCUT2D eigenvalue weighted by atomic mass is 10.2. The van der Waals surface area contributed by atoms with E-state index in [0.717, 1.165) is 29.4 Å². The molecule has 1 unspecified atom stereocenters. The number of rotatable bonds is 5. The molecule has 140 valence electrons. The third-order valence-corrected chi connectivity index (χ3v) is 6.19. The molecule has 1 atom stereocenters. The Kier molecular flexibility index (Phi) is 5.92. The number of aromatic nitrogens is 2. The second kappa shape index (κ2) is 8.01. The number of carbonyl (C=O) groups is 1. The van der Waals surface area contributed by atoms with Crippen LogP contribution < -0.4 is 5.32 Å². The van der Waals surface area contributed by atoms with Gasteiger partial charge in [-0.2, -0.15) is 0 Å². The Morgan fingerprint density at radius 2 is 2.08 bits per heavy atom. The molecule has 1 N–H and O–H groups in total. The van der Waals surface area contributed by atoms with Crippen molar-refractivity contribution in [2.75, 3.05) is 5.32 Å². The molecule has 7 heteroatoms. The lowest BCUT2D eigenvalue weighted by Gasteiger charge is -2.18. The molecule has 1 aliphatic rings. The second-order valence-corrected chi connectivity index (χ2v) is 8.49. The summed E-state index contributed by atoms with van der Waals surface area (Å²) in [5, 5.41) is 3.41. The molecule has 1 aliphatic carbocycles. The van der Waals surface area contributed by atoms with Gasteiger partial charge in [-0.15, -0.1) is 0 Å². The van der Waals surface area contributed by atoms with E-state index in [1.165, 1.54) is 36.7 Å². The average molecular weight is 396 g/mol. The van der Waals surface area contributed by atoms with Crippen LogP contribution in [0.2, 0.25) is 5.02 Å². The van der Waals surface area contributed by atoms with Gasteiger partial charge in [0.2, 0.25) is 5.91 Å². The minimum absolute atomic E-state index is 0.137. The van der Waals surface area contributed by atoms with Gasteiger partial charge >= 0.3 is 0 Å².